The number of carbonyl (C=O) groups excluding carboxylic acids is 2. The Hall–Kier alpha value is -1.46. The zero-order valence-electron chi connectivity index (χ0n) is 16.6. The number of nitrogens with zero attached hydrogens (tertiary/aromatic N) is 2. The van der Waals surface area contributed by atoms with Crippen molar-refractivity contribution in [1.29, 1.82) is 0 Å². The number of hydrogen-bond acceptors (Lipinski definition) is 2. The van der Waals surface area contributed by atoms with Crippen molar-refractivity contribution < 1.29 is 9.59 Å². The molecule has 3 rings (SSSR count). The summed E-state index contributed by atoms with van der Waals surface area (Å²) in [6.07, 6.45) is 5.62. The predicted molar refractivity (Wildman–Crippen MR) is 113 cm³/mol. The summed E-state index contributed by atoms with van der Waals surface area (Å²) < 4.78 is 0. The number of hydrogen-bond donors (Lipinski definition) is 1. The SMILES string of the molecule is CC(=O)N1CCC(N(C)C(=O)N[C@H]2CC[C@H](c3cc(Cl)cc(Cl)c3)CC2)CC1. The molecule has 0 bridgehead atoms. The van der Waals surface area contributed by atoms with Crippen LogP contribution >= 0.6 is 23.2 Å². The number of benzene rings is 1. The molecule has 154 valence electrons. The van der Waals surface area contributed by atoms with E-state index in [1.807, 2.05) is 29.0 Å². The Labute approximate surface area is 177 Å². The molecule has 2 aliphatic rings. The zero-order valence-corrected chi connectivity index (χ0v) is 18.1. The van der Waals surface area contributed by atoms with Crippen molar-refractivity contribution in [3.63, 3.8) is 0 Å². The highest BCUT2D eigenvalue weighted by molar-refractivity contribution is 6.34. The van der Waals surface area contributed by atoms with E-state index in [4.69, 9.17) is 23.2 Å². The fraction of sp³-hybridized carbons (Fsp3) is 0.619. The van der Waals surface area contributed by atoms with Gasteiger partial charge in [0, 0.05) is 49.2 Å². The van der Waals surface area contributed by atoms with Gasteiger partial charge in [0.05, 0.1) is 0 Å². The maximum Gasteiger partial charge on any atom is 0.317 e. The van der Waals surface area contributed by atoms with Crippen molar-refractivity contribution in [2.45, 2.75) is 63.5 Å². The lowest BCUT2D eigenvalue weighted by molar-refractivity contribution is -0.130. The van der Waals surface area contributed by atoms with Crippen LogP contribution in [-0.2, 0) is 4.79 Å². The maximum atomic E-state index is 12.7. The number of rotatable bonds is 3. The van der Waals surface area contributed by atoms with Gasteiger partial charge in [0.1, 0.15) is 0 Å². The Morgan fingerprint density at radius 2 is 1.57 bits per heavy atom. The van der Waals surface area contributed by atoms with E-state index in [0.29, 0.717) is 16.0 Å². The minimum Gasteiger partial charge on any atom is -0.343 e. The van der Waals surface area contributed by atoms with Crippen molar-refractivity contribution in [2.75, 3.05) is 20.1 Å². The molecule has 1 heterocycles. The van der Waals surface area contributed by atoms with E-state index in [1.54, 1.807) is 13.0 Å². The second-order valence-corrected chi connectivity index (χ2v) is 8.92. The minimum atomic E-state index is -0.00414. The largest absolute Gasteiger partial charge is 0.343 e. The number of likely N-dealkylation sites (tertiary alicyclic amines) is 1. The van der Waals surface area contributed by atoms with Gasteiger partial charge in [0.2, 0.25) is 5.91 Å². The zero-order chi connectivity index (χ0) is 20.3. The van der Waals surface area contributed by atoms with Gasteiger partial charge in [-0.2, -0.15) is 0 Å². The first-order chi connectivity index (χ1) is 13.3. The molecule has 1 N–H and O–H groups in total. The third kappa shape index (κ3) is 5.32. The van der Waals surface area contributed by atoms with Crippen LogP contribution in [0.25, 0.3) is 0 Å². The van der Waals surface area contributed by atoms with Crippen LogP contribution in [0, 0.1) is 0 Å². The van der Waals surface area contributed by atoms with Gasteiger partial charge in [-0.3, -0.25) is 4.79 Å². The monoisotopic (exact) mass is 425 g/mol. The van der Waals surface area contributed by atoms with Crippen molar-refractivity contribution >= 4 is 35.1 Å². The highest BCUT2D eigenvalue weighted by Crippen LogP contribution is 2.35. The summed E-state index contributed by atoms with van der Waals surface area (Å²) in [7, 11) is 1.86. The molecule has 3 amide bonds. The molecule has 1 aliphatic heterocycles. The normalized spacial score (nSPS) is 23.4. The molecule has 5 nitrogen and oxygen atoms in total. The highest BCUT2D eigenvalue weighted by atomic mass is 35.5. The highest BCUT2D eigenvalue weighted by Gasteiger charge is 2.29. The van der Waals surface area contributed by atoms with Gasteiger partial charge in [-0.1, -0.05) is 23.2 Å². The number of carbonyl (C=O) groups is 2. The molecule has 0 unspecified atom stereocenters. The summed E-state index contributed by atoms with van der Waals surface area (Å²) in [5, 5.41) is 4.55. The van der Waals surface area contributed by atoms with Crippen LogP contribution in [0.5, 0.6) is 0 Å². The number of urea groups is 1. The molecule has 0 radical (unpaired) electrons. The maximum absolute atomic E-state index is 12.7. The van der Waals surface area contributed by atoms with Gasteiger partial charge in [-0.15, -0.1) is 0 Å². The number of halogens is 2. The van der Waals surface area contributed by atoms with Crippen molar-refractivity contribution in [2.24, 2.45) is 0 Å². The molecular weight excluding hydrogens is 397 g/mol. The molecule has 1 saturated heterocycles. The quantitative estimate of drug-likeness (QED) is 0.764. The smallest absolute Gasteiger partial charge is 0.317 e. The molecule has 1 aromatic rings. The van der Waals surface area contributed by atoms with Gasteiger partial charge in [0.15, 0.2) is 0 Å². The average Bonchev–Trinajstić information content (AvgIpc) is 2.67. The summed E-state index contributed by atoms with van der Waals surface area (Å²) in [5.74, 6) is 0.557. The van der Waals surface area contributed by atoms with E-state index in [2.05, 4.69) is 5.32 Å². The molecule has 7 heteroatoms. The van der Waals surface area contributed by atoms with Crippen LogP contribution in [0.2, 0.25) is 10.0 Å². The Kier molecular flexibility index (Phi) is 7.10. The molecule has 2 fully saturated rings. The van der Waals surface area contributed by atoms with E-state index in [1.165, 1.54) is 5.56 Å². The first-order valence-electron chi connectivity index (χ1n) is 10.1. The first-order valence-corrected chi connectivity index (χ1v) is 10.8. The second-order valence-electron chi connectivity index (χ2n) is 8.05. The van der Waals surface area contributed by atoms with Crippen LogP contribution in [0.4, 0.5) is 4.79 Å². The molecule has 1 aliphatic carbocycles. The Morgan fingerprint density at radius 3 is 2.11 bits per heavy atom. The van der Waals surface area contributed by atoms with Crippen molar-refractivity contribution in [1.82, 2.24) is 15.1 Å². The van der Waals surface area contributed by atoms with Crippen molar-refractivity contribution in [3.05, 3.63) is 33.8 Å². The summed E-state index contributed by atoms with van der Waals surface area (Å²) >= 11 is 12.3. The van der Waals surface area contributed by atoms with E-state index < -0.39 is 0 Å². The van der Waals surface area contributed by atoms with Gasteiger partial charge in [0.25, 0.3) is 0 Å². The van der Waals surface area contributed by atoms with Gasteiger partial charge >= 0.3 is 6.03 Å². The summed E-state index contributed by atoms with van der Waals surface area (Å²) in [5.41, 5.74) is 1.19. The molecular formula is C21H29Cl2N3O2. The third-order valence-electron chi connectivity index (χ3n) is 6.19. The van der Waals surface area contributed by atoms with Gasteiger partial charge in [-0.25, -0.2) is 4.79 Å². The molecule has 1 aromatic carbocycles. The molecule has 0 atom stereocenters. The number of nitrogens with one attached hydrogen (secondary N) is 1. The van der Waals surface area contributed by atoms with Crippen LogP contribution in [0.15, 0.2) is 18.2 Å². The Morgan fingerprint density at radius 1 is 1.00 bits per heavy atom. The lowest BCUT2D eigenvalue weighted by atomic mass is 9.82. The van der Waals surface area contributed by atoms with Crippen LogP contribution < -0.4 is 5.32 Å². The fourth-order valence-corrected chi connectivity index (χ4v) is 4.94. The molecule has 28 heavy (non-hydrogen) atoms. The third-order valence-corrected chi connectivity index (χ3v) is 6.63. The Balaban J connectivity index is 1.46. The van der Waals surface area contributed by atoms with Gasteiger partial charge < -0.3 is 15.1 Å². The summed E-state index contributed by atoms with van der Waals surface area (Å²) in [4.78, 5) is 27.8. The van der Waals surface area contributed by atoms with Crippen LogP contribution in [0.3, 0.4) is 0 Å². The van der Waals surface area contributed by atoms with Crippen molar-refractivity contribution in [3.8, 4) is 0 Å². The van der Waals surface area contributed by atoms with E-state index >= 15 is 0 Å². The molecule has 0 spiro atoms. The van der Waals surface area contributed by atoms with Crippen LogP contribution in [-0.4, -0.2) is 54.0 Å². The number of piperidine rings is 1. The molecule has 1 saturated carbocycles. The lowest BCUT2D eigenvalue weighted by Gasteiger charge is -2.37. The van der Waals surface area contributed by atoms with Crippen LogP contribution in [0.1, 0.15) is 56.9 Å². The number of amides is 3. The van der Waals surface area contributed by atoms with E-state index in [0.717, 1.165) is 51.6 Å². The topological polar surface area (TPSA) is 52.7 Å². The standard InChI is InChI=1S/C21H29Cl2N3O2/c1-14(27)26-9-7-20(8-10-26)25(2)21(28)24-19-5-3-15(4-6-19)16-11-17(22)13-18(23)12-16/h11-13,15,19-20H,3-10H2,1-2H3,(H,24,28)/t15-,19-. The first kappa shape index (κ1) is 21.3. The summed E-state index contributed by atoms with van der Waals surface area (Å²) in [6.45, 7) is 3.06. The fourth-order valence-electron chi connectivity index (χ4n) is 4.39. The van der Waals surface area contributed by atoms with Gasteiger partial charge in [-0.05, 0) is 68.2 Å². The predicted octanol–water partition coefficient (Wildman–Crippen LogP) is 4.67. The summed E-state index contributed by atoms with van der Waals surface area (Å²) in [6, 6.07) is 6.15. The average molecular weight is 426 g/mol. The second kappa shape index (κ2) is 9.36. The minimum absolute atomic E-state index is 0.00414. The Bertz CT molecular complexity index is 691. The van der Waals surface area contributed by atoms with E-state index in [9.17, 15) is 9.59 Å². The van der Waals surface area contributed by atoms with E-state index in [-0.39, 0.29) is 24.0 Å². The molecule has 0 aromatic heterocycles. The lowest BCUT2D eigenvalue weighted by Crippen LogP contribution is -2.51.